The number of hydrogen-bond acceptors (Lipinski definition) is 3. The number of benzene rings is 1. The lowest BCUT2D eigenvalue weighted by molar-refractivity contribution is -0.133. The first-order chi connectivity index (χ1) is 10.1. The molecule has 1 aromatic rings. The van der Waals surface area contributed by atoms with Crippen molar-refractivity contribution in [2.24, 2.45) is 5.92 Å². The van der Waals surface area contributed by atoms with E-state index in [2.05, 4.69) is 31.3 Å². The van der Waals surface area contributed by atoms with Gasteiger partial charge >= 0.3 is 0 Å². The Morgan fingerprint density at radius 2 is 2.14 bits per heavy atom. The molecular weight excluding hydrogens is 264 g/mol. The zero-order chi connectivity index (χ0) is 15.1. The van der Waals surface area contributed by atoms with E-state index in [-0.39, 0.29) is 11.9 Å². The average Bonchev–Trinajstić information content (AvgIpc) is 2.48. The maximum absolute atomic E-state index is 12.6. The average molecular weight is 290 g/mol. The minimum atomic E-state index is 0.150. The normalized spacial score (nSPS) is 18.7. The molecule has 0 saturated carbocycles. The highest BCUT2D eigenvalue weighted by atomic mass is 16.5. The molecular formula is C17H26N2O2. The van der Waals surface area contributed by atoms with Crippen molar-refractivity contribution in [3.8, 4) is 0 Å². The smallest absolute Gasteiger partial charge is 0.224 e. The molecule has 21 heavy (non-hydrogen) atoms. The Labute approximate surface area is 127 Å². The molecule has 2 rings (SSSR count). The summed E-state index contributed by atoms with van der Waals surface area (Å²) in [4.78, 5) is 14.6. The van der Waals surface area contributed by atoms with Gasteiger partial charge in [-0.3, -0.25) is 4.79 Å². The minimum absolute atomic E-state index is 0.150. The van der Waals surface area contributed by atoms with Crippen LogP contribution in [0.15, 0.2) is 30.3 Å². The number of hydrogen-bond donors (Lipinski definition) is 1. The molecule has 0 aromatic heterocycles. The lowest BCUT2D eigenvalue weighted by Gasteiger charge is -2.29. The van der Waals surface area contributed by atoms with Crippen molar-refractivity contribution in [2.75, 3.05) is 26.3 Å². The number of morpholine rings is 1. The second kappa shape index (κ2) is 8.15. The van der Waals surface area contributed by atoms with Gasteiger partial charge in [0.15, 0.2) is 0 Å². The van der Waals surface area contributed by atoms with Gasteiger partial charge in [-0.25, -0.2) is 0 Å². The molecule has 0 bridgehead atoms. The molecule has 4 heteroatoms. The van der Waals surface area contributed by atoms with Crippen LogP contribution >= 0.6 is 0 Å². The van der Waals surface area contributed by atoms with Crippen molar-refractivity contribution >= 4 is 5.91 Å². The summed E-state index contributed by atoms with van der Waals surface area (Å²) in [6.45, 7) is 7.98. The molecule has 1 aliphatic rings. The van der Waals surface area contributed by atoms with Crippen molar-refractivity contribution < 1.29 is 9.53 Å². The Morgan fingerprint density at radius 1 is 1.38 bits per heavy atom. The molecule has 116 valence electrons. The Hall–Kier alpha value is -1.39. The van der Waals surface area contributed by atoms with Crippen molar-refractivity contribution in [2.45, 2.75) is 32.9 Å². The largest absolute Gasteiger partial charge is 0.378 e. The molecule has 1 fully saturated rings. The molecule has 4 nitrogen and oxygen atoms in total. The lowest BCUT2D eigenvalue weighted by Crippen LogP contribution is -2.45. The molecule has 0 spiro atoms. The number of nitrogens with zero attached hydrogens (tertiary/aromatic N) is 1. The van der Waals surface area contributed by atoms with E-state index < -0.39 is 0 Å². The first-order valence-electron chi connectivity index (χ1n) is 7.78. The zero-order valence-corrected chi connectivity index (χ0v) is 13.0. The molecule has 1 atom stereocenters. The lowest BCUT2D eigenvalue weighted by atomic mass is 10.1. The first kappa shape index (κ1) is 16.0. The monoisotopic (exact) mass is 290 g/mol. The summed E-state index contributed by atoms with van der Waals surface area (Å²) in [5.41, 5.74) is 1.18. The fourth-order valence-electron chi connectivity index (χ4n) is 2.59. The van der Waals surface area contributed by atoms with Crippen LogP contribution in [0.3, 0.4) is 0 Å². The van der Waals surface area contributed by atoms with Crippen molar-refractivity contribution in [1.29, 1.82) is 0 Å². The summed E-state index contributed by atoms with van der Waals surface area (Å²) in [5, 5.41) is 3.35. The van der Waals surface area contributed by atoms with Crippen LogP contribution in [0.25, 0.3) is 0 Å². The zero-order valence-electron chi connectivity index (χ0n) is 13.0. The summed E-state index contributed by atoms with van der Waals surface area (Å²) in [6, 6.07) is 10.3. The molecule has 0 aliphatic carbocycles. The van der Waals surface area contributed by atoms with E-state index in [1.165, 1.54) is 5.56 Å². The highest BCUT2D eigenvalue weighted by Gasteiger charge is 2.21. The predicted molar refractivity (Wildman–Crippen MR) is 83.9 cm³/mol. The van der Waals surface area contributed by atoms with Gasteiger partial charge in [-0.05, 0) is 11.5 Å². The van der Waals surface area contributed by atoms with Crippen LogP contribution in [0.1, 0.15) is 25.8 Å². The number of carbonyl (C=O) groups is 1. The van der Waals surface area contributed by atoms with E-state index in [4.69, 9.17) is 4.74 Å². The van der Waals surface area contributed by atoms with E-state index in [1.54, 1.807) is 0 Å². The van der Waals surface area contributed by atoms with Gasteiger partial charge in [0.05, 0.1) is 13.2 Å². The van der Waals surface area contributed by atoms with Gasteiger partial charge in [0.25, 0.3) is 0 Å². The highest BCUT2D eigenvalue weighted by Crippen LogP contribution is 2.11. The maximum atomic E-state index is 12.6. The Kier molecular flexibility index (Phi) is 6.21. The van der Waals surface area contributed by atoms with Crippen LogP contribution in [0.2, 0.25) is 0 Å². The first-order valence-corrected chi connectivity index (χ1v) is 7.78. The van der Waals surface area contributed by atoms with Crippen LogP contribution in [0.4, 0.5) is 0 Å². The summed E-state index contributed by atoms with van der Waals surface area (Å²) in [7, 11) is 0. The fraction of sp³-hybridized carbons (Fsp3) is 0.588. The Balaban J connectivity index is 1.95. The highest BCUT2D eigenvalue weighted by molar-refractivity contribution is 5.76. The second-order valence-corrected chi connectivity index (χ2v) is 6.08. The summed E-state index contributed by atoms with van der Waals surface area (Å²) in [6.07, 6.45) is 0.513. The topological polar surface area (TPSA) is 41.6 Å². The third-order valence-electron chi connectivity index (χ3n) is 3.57. The molecule has 1 saturated heterocycles. The van der Waals surface area contributed by atoms with Crippen LogP contribution in [0.5, 0.6) is 0 Å². The number of carbonyl (C=O) groups excluding carboxylic acids is 1. The van der Waals surface area contributed by atoms with E-state index in [1.807, 2.05) is 23.1 Å². The fourth-order valence-corrected chi connectivity index (χ4v) is 2.59. The van der Waals surface area contributed by atoms with Crippen molar-refractivity contribution in [3.05, 3.63) is 35.9 Å². The number of ether oxygens (including phenoxy) is 1. The van der Waals surface area contributed by atoms with Crippen LogP contribution in [-0.4, -0.2) is 43.2 Å². The molecule has 1 amide bonds. The predicted octanol–water partition coefficient (Wildman–Crippen LogP) is 2.05. The summed E-state index contributed by atoms with van der Waals surface area (Å²) in [5.74, 6) is 0.670. The van der Waals surface area contributed by atoms with Crippen LogP contribution in [0, 0.1) is 5.92 Å². The van der Waals surface area contributed by atoms with Gasteiger partial charge in [0.1, 0.15) is 0 Å². The molecule has 0 radical (unpaired) electrons. The number of rotatable bonds is 6. The minimum Gasteiger partial charge on any atom is -0.378 e. The van der Waals surface area contributed by atoms with Crippen LogP contribution < -0.4 is 5.32 Å². The molecule has 1 unspecified atom stereocenters. The van der Waals surface area contributed by atoms with E-state index >= 15 is 0 Å². The van der Waals surface area contributed by atoms with Gasteiger partial charge < -0.3 is 15.0 Å². The van der Waals surface area contributed by atoms with Crippen molar-refractivity contribution in [3.63, 3.8) is 0 Å². The van der Waals surface area contributed by atoms with Crippen LogP contribution in [-0.2, 0) is 16.1 Å². The maximum Gasteiger partial charge on any atom is 0.224 e. The van der Waals surface area contributed by atoms with Gasteiger partial charge in [-0.1, -0.05) is 44.2 Å². The third kappa shape index (κ3) is 5.48. The molecule has 1 N–H and O–H groups in total. The van der Waals surface area contributed by atoms with Gasteiger partial charge in [0, 0.05) is 32.1 Å². The molecule has 1 heterocycles. The standard InChI is InChI=1S/C17H26N2O2/c1-14(2)11-19(12-15-6-4-3-5-7-15)17(20)10-16-13-21-9-8-18-16/h3-7,14,16,18H,8-13H2,1-2H3. The van der Waals surface area contributed by atoms with Gasteiger partial charge in [0.2, 0.25) is 5.91 Å². The van der Waals surface area contributed by atoms with Gasteiger partial charge in [-0.2, -0.15) is 0 Å². The quantitative estimate of drug-likeness (QED) is 0.872. The van der Waals surface area contributed by atoms with E-state index in [9.17, 15) is 4.79 Å². The van der Waals surface area contributed by atoms with E-state index in [0.29, 0.717) is 25.5 Å². The second-order valence-electron chi connectivity index (χ2n) is 6.08. The Bertz CT molecular complexity index is 428. The van der Waals surface area contributed by atoms with Crippen molar-refractivity contribution in [1.82, 2.24) is 10.2 Å². The Morgan fingerprint density at radius 3 is 2.76 bits per heavy atom. The number of amides is 1. The summed E-state index contributed by atoms with van der Waals surface area (Å²) >= 11 is 0. The third-order valence-corrected chi connectivity index (χ3v) is 3.57. The van der Waals surface area contributed by atoms with Gasteiger partial charge in [-0.15, -0.1) is 0 Å². The summed E-state index contributed by atoms with van der Waals surface area (Å²) < 4.78 is 5.43. The number of nitrogens with one attached hydrogen (secondary N) is 1. The molecule has 1 aliphatic heterocycles. The SMILES string of the molecule is CC(C)CN(Cc1ccccc1)C(=O)CC1COCCN1. The molecule has 1 aromatic carbocycles. The van der Waals surface area contributed by atoms with E-state index in [0.717, 1.165) is 19.7 Å².